The number of anilines is 1. The highest BCUT2D eigenvalue weighted by Gasteiger charge is 2.32. The fourth-order valence-corrected chi connectivity index (χ4v) is 3.45. The molecule has 2 amide bonds. The number of carbonyl (C=O) groups is 2. The second kappa shape index (κ2) is 9.10. The number of tetrazole rings is 1. The van der Waals surface area contributed by atoms with Crippen LogP contribution < -0.4 is 10.2 Å². The number of halogens is 1. The summed E-state index contributed by atoms with van der Waals surface area (Å²) >= 11 is 0. The average molecular weight is 440 g/mol. The molecule has 2 heterocycles. The van der Waals surface area contributed by atoms with Gasteiger partial charge in [-0.05, 0) is 39.8 Å². The molecule has 11 heteroatoms. The van der Waals surface area contributed by atoms with Crippen molar-refractivity contribution < 1.29 is 23.8 Å². The predicted octanol–water partition coefficient (Wildman–Crippen LogP) is 1.74. The molecule has 4 rings (SSSR count). The van der Waals surface area contributed by atoms with Crippen molar-refractivity contribution in [1.29, 1.82) is 0 Å². The van der Waals surface area contributed by atoms with Crippen LogP contribution in [0.1, 0.15) is 24.4 Å². The lowest BCUT2D eigenvalue weighted by Gasteiger charge is -2.15. The summed E-state index contributed by atoms with van der Waals surface area (Å²) in [5.74, 6) is -0.256. The Hall–Kier alpha value is -3.86. The van der Waals surface area contributed by atoms with Gasteiger partial charge in [-0.25, -0.2) is 14.3 Å². The van der Waals surface area contributed by atoms with E-state index in [9.17, 15) is 19.1 Å². The number of nitrogens with one attached hydrogen (secondary N) is 2. The maximum absolute atomic E-state index is 14.9. The lowest BCUT2D eigenvalue weighted by molar-refractivity contribution is -0.119. The summed E-state index contributed by atoms with van der Waals surface area (Å²) in [5.41, 5.74) is 2.00. The first-order chi connectivity index (χ1) is 15.4. The van der Waals surface area contributed by atoms with Crippen molar-refractivity contribution in [3.05, 3.63) is 59.7 Å². The molecule has 1 aliphatic rings. The molecule has 10 nitrogen and oxygen atoms in total. The summed E-state index contributed by atoms with van der Waals surface area (Å²) in [7, 11) is 0. The number of aliphatic hydroxyl groups is 1. The molecule has 0 saturated carbocycles. The Bertz CT molecular complexity index is 1110. The van der Waals surface area contributed by atoms with E-state index in [4.69, 9.17) is 4.74 Å². The quantitative estimate of drug-likeness (QED) is 0.510. The van der Waals surface area contributed by atoms with Crippen LogP contribution in [0, 0.1) is 5.82 Å². The molecule has 1 fully saturated rings. The number of ether oxygens (including phenoxy) is 1. The summed E-state index contributed by atoms with van der Waals surface area (Å²) in [6.07, 6.45) is -1.67. The number of aliphatic hydroxyl groups excluding tert-OH is 1. The normalized spacial score (nSPS) is 16.7. The zero-order chi connectivity index (χ0) is 22.7. The summed E-state index contributed by atoms with van der Waals surface area (Å²) in [5, 5.41) is 26.2. The number of cyclic esters (lactones) is 1. The summed E-state index contributed by atoms with van der Waals surface area (Å²) in [6.45, 7) is 1.79. The van der Waals surface area contributed by atoms with Crippen LogP contribution in [0.15, 0.2) is 42.5 Å². The minimum absolute atomic E-state index is 0.198. The van der Waals surface area contributed by atoms with Crippen LogP contribution >= 0.6 is 0 Å². The van der Waals surface area contributed by atoms with Gasteiger partial charge in [0, 0.05) is 18.9 Å². The number of benzene rings is 2. The number of carbonyl (C=O) groups excluding carboxylic acids is 2. The van der Waals surface area contributed by atoms with E-state index >= 15 is 0 Å². The van der Waals surface area contributed by atoms with Crippen molar-refractivity contribution in [2.24, 2.45) is 0 Å². The zero-order valence-electron chi connectivity index (χ0n) is 17.2. The summed E-state index contributed by atoms with van der Waals surface area (Å²) in [6, 6.07) is 11.3. The molecule has 1 aliphatic heterocycles. The zero-order valence-corrected chi connectivity index (χ0v) is 17.2. The lowest BCUT2D eigenvalue weighted by Crippen LogP contribution is -2.33. The van der Waals surface area contributed by atoms with Gasteiger partial charge in [0.25, 0.3) is 0 Å². The van der Waals surface area contributed by atoms with E-state index in [-0.39, 0.29) is 25.4 Å². The SMILES string of the molecule is CC(=O)NC[C@H]1CN(c2ccc(-c3ccc([C@@H](O)Cc4nnn[nH]4)cc3)c(F)c2)C(=O)O1. The molecular weight excluding hydrogens is 419 g/mol. The van der Waals surface area contributed by atoms with E-state index < -0.39 is 24.1 Å². The number of nitrogens with zero attached hydrogens (tertiary/aromatic N) is 4. The van der Waals surface area contributed by atoms with E-state index in [1.165, 1.54) is 17.9 Å². The van der Waals surface area contributed by atoms with E-state index in [0.717, 1.165) is 0 Å². The fourth-order valence-electron chi connectivity index (χ4n) is 3.45. The standard InChI is InChI=1S/C21H21FN6O4/c1-12(29)23-10-16-11-28(21(31)32-16)15-6-7-17(18(22)8-15)13-2-4-14(5-3-13)19(30)9-20-24-26-27-25-20/h2-8,16,19,30H,9-11H2,1H3,(H,23,29)(H,24,25,26,27)/t16-,19-/m0/s1. The van der Waals surface area contributed by atoms with E-state index in [2.05, 4.69) is 25.9 Å². The van der Waals surface area contributed by atoms with Crippen LogP contribution in [0.4, 0.5) is 14.9 Å². The Morgan fingerprint density at radius 1 is 1.34 bits per heavy atom. The van der Waals surface area contributed by atoms with Crippen LogP contribution in [0.3, 0.4) is 0 Å². The van der Waals surface area contributed by atoms with Gasteiger partial charge in [0.05, 0.1) is 24.9 Å². The van der Waals surface area contributed by atoms with Gasteiger partial charge in [-0.15, -0.1) is 5.10 Å². The van der Waals surface area contributed by atoms with Crippen molar-refractivity contribution >= 4 is 17.7 Å². The first-order valence-electron chi connectivity index (χ1n) is 9.94. The van der Waals surface area contributed by atoms with Gasteiger partial charge in [-0.3, -0.25) is 9.69 Å². The van der Waals surface area contributed by atoms with Crippen LogP contribution in [-0.2, 0) is 16.0 Å². The minimum Gasteiger partial charge on any atom is -0.442 e. The highest BCUT2D eigenvalue weighted by atomic mass is 19.1. The third-order valence-electron chi connectivity index (χ3n) is 5.10. The van der Waals surface area contributed by atoms with Gasteiger partial charge in [-0.1, -0.05) is 24.3 Å². The van der Waals surface area contributed by atoms with E-state index in [0.29, 0.717) is 28.2 Å². The molecule has 3 aromatic rings. The van der Waals surface area contributed by atoms with Gasteiger partial charge in [0.15, 0.2) is 5.82 Å². The first-order valence-corrected chi connectivity index (χ1v) is 9.94. The molecule has 1 saturated heterocycles. The van der Waals surface area contributed by atoms with Crippen molar-refractivity contribution in [2.75, 3.05) is 18.0 Å². The number of rotatable bonds is 7. The molecule has 2 atom stereocenters. The van der Waals surface area contributed by atoms with Gasteiger partial charge in [-0.2, -0.15) is 0 Å². The largest absolute Gasteiger partial charge is 0.442 e. The number of aromatic amines is 1. The molecular formula is C21H21FN6O4. The minimum atomic E-state index is -0.808. The maximum atomic E-state index is 14.9. The van der Waals surface area contributed by atoms with Crippen LogP contribution in [0.5, 0.6) is 0 Å². The number of hydrogen-bond acceptors (Lipinski definition) is 7. The number of hydrogen-bond donors (Lipinski definition) is 3. The fraction of sp³-hybridized carbons (Fsp3) is 0.286. The molecule has 0 aliphatic carbocycles. The Kier molecular flexibility index (Phi) is 6.08. The molecule has 2 aromatic carbocycles. The molecule has 32 heavy (non-hydrogen) atoms. The van der Waals surface area contributed by atoms with Crippen molar-refractivity contribution in [2.45, 2.75) is 25.6 Å². The first kappa shape index (κ1) is 21.4. The Balaban J connectivity index is 1.45. The highest BCUT2D eigenvalue weighted by molar-refractivity contribution is 5.90. The van der Waals surface area contributed by atoms with Crippen molar-refractivity contribution in [1.82, 2.24) is 25.9 Å². The molecule has 1 aromatic heterocycles. The molecule has 0 radical (unpaired) electrons. The second-order valence-electron chi connectivity index (χ2n) is 7.41. The molecule has 0 spiro atoms. The topological polar surface area (TPSA) is 133 Å². The summed E-state index contributed by atoms with van der Waals surface area (Å²) < 4.78 is 20.1. The van der Waals surface area contributed by atoms with Gasteiger partial charge in [0.2, 0.25) is 5.91 Å². The molecule has 0 bridgehead atoms. The van der Waals surface area contributed by atoms with Crippen LogP contribution in [0.2, 0.25) is 0 Å². The maximum Gasteiger partial charge on any atom is 0.414 e. The Labute approximate surface area is 182 Å². The average Bonchev–Trinajstić information content (AvgIpc) is 3.41. The van der Waals surface area contributed by atoms with Crippen molar-refractivity contribution in [3.63, 3.8) is 0 Å². The van der Waals surface area contributed by atoms with Gasteiger partial charge in [0.1, 0.15) is 11.9 Å². The van der Waals surface area contributed by atoms with E-state index in [1.54, 1.807) is 36.4 Å². The lowest BCUT2D eigenvalue weighted by atomic mass is 10.00. The summed E-state index contributed by atoms with van der Waals surface area (Å²) in [4.78, 5) is 24.5. The van der Waals surface area contributed by atoms with Gasteiger partial charge < -0.3 is 15.2 Å². The predicted molar refractivity (Wildman–Crippen MR) is 111 cm³/mol. The Morgan fingerprint density at radius 2 is 2.12 bits per heavy atom. The molecule has 166 valence electrons. The van der Waals surface area contributed by atoms with Crippen LogP contribution in [0.25, 0.3) is 11.1 Å². The Morgan fingerprint density at radius 3 is 2.78 bits per heavy atom. The third kappa shape index (κ3) is 4.72. The van der Waals surface area contributed by atoms with E-state index in [1.807, 2.05) is 0 Å². The molecule has 3 N–H and O–H groups in total. The van der Waals surface area contributed by atoms with Crippen molar-refractivity contribution in [3.8, 4) is 11.1 Å². The number of aromatic nitrogens is 4. The number of amides is 2. The number of H-pyrrole nitrogens is 1. The monoisotopic (exact) mass is 440 g/mol. The highest BCUT2D eigenvalue weighted by Crippen LogP contribution is 2.30. The third-order valence-corrected chi connectivity index (χ3v) is 5.10. The molecule has 0 unspecified atom stereocenters. The second-order valence-corrected chi connectivity index (χ2v) is 7.41. The smallest absolute Gasteiger partial charge is 0.414 e. The van der Waals surface area contributed by atoms with Crippen LogP contribution in [-0.4, -0.2) is 56.9 Å². The van der Waals surface area contributed by atoms with Gasteiger partial charge >= 0.3 is 6.09 Å².